The number of carbonyl (C=O) groups excluding carboxylic acids is 2. The summed E-state index contributed by atoms with van der Waals surface area (Å²) in [4.78, 5) is 24.2. The highest BCUT2D eigenvalue weighted by atomic mass is 16.6. The average Bonchev–Trinajstić information content (AvgIpc) is 3.10. The summed E-state index contributed by atoms with van der Waals surface area (Å²) in [6.07, 6.45) is 51.6. The van der Waals surface area contributed by atoms with Crippen molar-refractivity contribution in [2.75, 3.05) is 13.2 Å². The summed E-state index contributed by atoms with van der Waals surface area (Å²) in [5.41, 5.74) is 0. The van der Waals surface area contributed by atoms with Gasteiger partial charge in [0.1, 0.15) is 6.61 Å². The first kappa shape index (κ1) is 46.6. The Bertz CT molecular complexity index is 869. The second kappa shape index (κ2) is 40.0. The highest BCUT2D eigenvalue weighted by molar-refractivity contribution is 5.70. The zero-order chi connectivity index (χ0) is 35.7. The van der Waals surface area contributed by atoms with Crippen LogP contribution in [0.15, 0.2) is 60.8 Å². The summed E-state index contributed by atoms with van der Waals surface area (Å²) in [5.74, 6) is -0.675. The van der Waals surface area contributed by atoms with E-state index in [9.17, 15) is 14.7 Å². The maximum absolute atomic E-state index is 12.2. The van der Waals surface area contributed by atoms with Crippen molar-refractivity contribution < 1.29 is 24.2 Å². The molecule has 0 heterocycles. The predicted molar refractivity (Wildman–Crippen MR) is 210 cm³/mol. The molecule has 0 spiro atoms. The number of ether oxygens (including phenoxy) is 2. The minimum atomic E-state index is -0.799. The van der Waals surface area contributed by atoms with E-state index in [1.54, 1.807) is 0 Å². The van der Waals surface area contributed by atoms with Crippen LogP contribution >= 0.6 is 0 Å². The molecule has 0 fully saturated rings. The first-order valence-corrected chi connectivity index (χ1v) is 20.4. The molecule has 1 unspecified atom stereocenters. The van der Waals surface area contributed by atoms with Gasteiger partial charge in [0, 0.05) is 12.8 Å². The van der Waals surface area contributed by atoms with Crippen LogP contribution in [0.5, 0.6) is 0 Å². The number of carbonyl (C=O) groups is 2. The maximum Gasteiger partial charge on any atom is 0.306 e. The van der Waals surface area contributed by atoms with Gasteiger partial charge in [-0.15, -0.1) is 0 Å². The van der Waals surface area contributed by atoms with Gasteiger partial charge >= 0.3 is 11.9 Å². The third-order valence-electron chi connectivity index (χ3n) is 8.70. The van der Waals surface area contributed by atoms with Crippen LogP contribution < -0.4 is 0 Å². The smallest absolute Gasteiger partial charge is 0.306 e. The van der Waals surface area contributed by atoms with Crippen molar-refractivity contribution in [3.05, 3.63) is 60.8 Å². The van der Waals surface area contributed by atoms with E-state index < -0.39 is 6.10 Å². The maximum atomic E-state index is 12.2. The Kier molecular flexibility index (Phi) is 38.1. The molecule has 0 aromatic carbocycles. The van der Waals surface area contributed by atoms with Crippen molar-refractivity contribution in [1.29, 1.82) is 0 Å². The van der Waals surface area contributed by atoms with E-state index in [-0.39, 0.29) is 31.6 Å². The molecule has 49 heavy (non-hydrogen) atoms. The zero-order valence-electron chi connectivity index (χ0n) is 31.9. The molecule has 0 rings (SSSR count). The fourth-order valence-electron chi connectivity index (χ4n) is 5.64. The van der Waals surface area contributed by atoms with Gasteiger partial charge in [-0.05, 0) is 25.7 Å². The molecular formula is C44H76O5. The summed E-state index contributed by atoms with van der Waals surface area (Å²) in [5, 5.41) is 9.54. The SMILES string of the molecule is CC/C=C/C=C/C=C/C=C/C=C/CCCC(=O)OCC(CO)OC(=O)CCCCCCCCCCCCCCCCCCCCCCCC. The van der Waals surface area contributed by atoms with E-state index in [1.807, 2.05) is 54.7 Å². The molecular weight excluding hydrogens is 608 g/mol. The molecule has 282 valence electrons. The van der Waals surface area contributed by atoms with E-state index >= 15 is 0 Å². The Balaban J connectivity index is 3.57. The third-order valence-corrected chi connectivity index (χ3v) is 8.70. The molecule has 0 aliphatic carbocycles. The molecule has 1 atom stereocenters. The van der Waals surface area contributed by atoms with Crippen LogP contribution in [0.2, 0.25) is 0 Å². The minimum absolute atomic E-state index is 0.103. The van der Waals surface area contributed by atoms with Crippen molar-refractivity contribution >= 4 is 11.9 Å². The van der Waals surface area contributed by atoms with Gasteiger partial charge in [-0.25, -0.2) is 0 Å². The first-order chi connectivity index (χ1) is 24.1. The highest BCUT2D eigenvalue weighted by Gasteiger charge is 2.16. The standard InChI is InChI=1S/C44H76O5/c1-3-5-7-9-11-13-15-17-18-19-20-21-22-23-24-25-27-29-31-33-35-37-39-44(47)49-42(40-45)41-48-43(46)38-36-34-32-30-28-26-16-14-12-10-8-6-4-2/h6,8,10,12,14,16,26,28,30,32,42,45H,3-5,7,9,11,13,15,17-25,27,29,31,33-41H2,1-2H3/b8-6+,12-10+,16-14+,28-26+,32-30+. The number of hydrogen-bond donors (Lipinski definition) is 1. The van der Waals surface area contributed by atoms with Gasteiger partial charge < -0.3 is 14.6 Å². The topological polar surface area (TPSA) is 72.8 Å². The molecule has 0 aromatic rings. The predicted octanol–water partition coefficient (Wildman–Crippen LogP) is 12.8. The van der Waals surface area contributed by atoms with Crippen LogP contribution in [-0.2, 0) is 19.1 Å². The monoisotopic (exact) mass is 685 g/mol. The van der Waals surface area contributed by atoms with Crippen LogP contribution in [0.1, 0.15) is 187 Å². The van der Waals surface area contributed by atoms with Gasteiger partial charge in [0.2, 0.25) is 0 Å². The van der Waals surface area contributed by atoms with Crippen LogP contribution in [0, 0.1) is 0 Å². The molecule has 1 N–H and O–H groups in total. The van der Waals surface area contributed by atoms with Crippen molar-refractivity contribution in [1.82, 2.24) is 0 Å². The molecule has 5 heteroatoms. The fraction of sp³-hybridized carbons (Fsp3) is 0.727. The molecule has 5 nitrogen and oxygen atoms in total. The lowest BCUT2D eigenvalue weighted by Crippen LogP contribution is -2.28. The number of hydrogen-bond acceptors (Lipinski definition) is 5. The lowest BCUT2D eigenvalue weighted by molar-refractivity contribution is -0.161. The Hall–Kier alpha value is -2.40. The summed E-state index contributed by atoms with van der Waals surface area (Å²) in [6, 6.07) is 0. The van der Waals surface area contributed by atoms with E-state index in [1.165, 1.54) is 122 Å². The normalized spacial score (nSPS) is 12.8. The van der Waals surface area contributed by atoms with Gasteiger partial charge in [-0.2, -0.15) is 0 Å². The minimum Gasteiger partial charge on any atom is -0.462 e. The van der Waals surface area contributed by atoms with Crippen molar-refractivity contribution in [2.45, 2.75) is 193 Å². The van der Waals surface area contributed by atoms with Crippen molar-refractivity contribution in [2.24, 2.45) is 0 Å². The molecule has 0 bridgehead atoms. The van der Waals surface area contributed by atoms with Gasteiger partial charge in [0.15, 0.2) is 6.10 Å². The Labute approximate surface area is 302 Å². The van der Waals surface area contributed by atoms with Gasteiger partial charge in [0.05, 0.1) is 6.61 Å². The number of aliphatic hydroxyl groups is 1. The molecule has 0 radical (unpaired) electrons. The third kappa shape index (κ3) is 38.3. The number of allylic oxidation sites excluding steroid dienone is 10. The molecule has 0 aliphatic rings. The number of rotatable bonds is 36. The highest BCUT2D eigenvalue weighted by Crippen LogP contribution is 2.15. The Morgan fingerprint density at radius 3 is 1.31 bits per heavy atom. The summed E-state index contributed by atoms with van der Waals surface area (Å²) in [7, 11) is 0. The summed E-state index contributed by atoms with van der Waals surface area (Å²) in [6.45, 7) is 3.93. The van der Waals surface area contributed by atoms with Crippen LogP contribution in [0.3, 0.4) is 0 Å². The molecule has 0 saturated carbocycles. The van der Waals surface area contributed by atoms with E-state index in [0.29, 0.717) is 12.8 Å². The fourth-order valence-corrected chi connectivity index (χ4v) is 5.64. The van der Waals surface area contributed by atoms with Crippen molar-refractivity contribution in [3.8, 4) is 0 Å². The summed E-state index contributed by atoms with van der Waals surface area (Å²) < 4.78 is 10.5. The lowest BCUT2D eigenvalue weighted by Gasteiger charge is -2.15. The first-order valence-electron chi connectivity index (χ1n) is 20.4. The van der Waals surface area contributed by atoms with Crippen LogP contribution in [0.4, 0.5) is 0 Å². The van der Waals surface area contributed by atoms with Gasteiger partial charge in [0.25, 0.3) is 0 Å². The van der Waals surface area contributed by atoms with Crippen LogP contribution in [-0.4, -0.2) is 36.4 Å². The number of esters is 2. The Morgan fingerprint density at radius 2 is 0.878 bits per heavy atom. The van der Waals surface area contributed by atoms with Gasteiger partial charge in [-0.3, -0.25) is 9.59 Å². The number of unbranched alkanes of at least 4 members (excludes halogenated alkanes) is 22. The second-order valence-electron chi connectivity index (χ2n) is 13.5. The summed E-state index contributed by atoms with van der Waals surface area (Å²) >= 11 is 0. The lowest BCUT2D eigenvalue weighted by atomic mass is 10.0. The van der Waals surface area contributed by atoms with Crippen molar-refractivity contribution in [3.63, 3.8) is 0 Å². The molecule has 0 amide bonds. The second-order valence-corrected chi connectivity index (χ2v) is 13.5. The average molecular weight is 685 g/mol. The molecule has 0 aliphatic heterocycles. The largest absolute Gasteiger partial charge is 0.462 e. The molecule has 0 saturated heterocycles. The quantitative estimate of drug-likeness (QED) is 0.0404. The van der Waals surface area contributed by atoms with E-state index in [2.05, 4.69) is 19.9 Å². The number of aliphatic hydroxyl groups excluding tert-OH is 1. The van der Waals surface area contributed by atoms with Gasteiger partial charge in [-0.1, -0.05) is 209 Å². The Morgan fingerprint density at radius 1 is 0.490 bits per heavy atom. The van der Waals surface area contributed by atoms with E-state index in [0.717, 1.165) is 32.1 Å². The van der Waals surface area contributed by atoms with Crippen LogP contribution in [0.25, 0.3) is 0 Å². The van der Waals surface area contributed by atoms with E-state index in [4.69, 9.17) is 9.47 Å². The zero-order valence-corrected chi connectivity index (χ0v) is 31.9. The molecule has 0 aromatic heterocycles.